The van der Waals surface area contributed by atoms with E-state index < -0.39 is 0 Å². The van der Waals surface area contributed by atoms with E-state index in [-0.39, 0.29) is 36.9 Å². The minimum Gasteiger partial charge on any atom is -0.318 e. The van der Waals surface area contributed by atoms with Crippen LogP contribution in [-0.4, -0.2) is 54.3 Å². The topological polar surface area (TPSA) is 60.9 Å². The molecule has 0 spiro atoms. The van der Waals surface area contributed by atoms with Gasteiger partial charge in [0.25, 0.3) is 0 Å². The van der Waals surface area contributed by atoms with Crippen LogP contribution >= 0.6 is 11.6 Å². The molecule has 0 aliphatic carbocycles. The molecule has 1 unspecified atom stereocenters. The molecule has 1 atom stereocenters. The van der Waals surface area contributed by atoms with E-state index in [9.17, 15) is 14.4 Å². The molecule has 0 bridgehead atoms. The van der Waals surface area contributed by atoms with Crippen LogP contribution in [0.4, 0.5) is 10.5 Å². The highest BCUT2D eigenvalue weighted by Gasteiger charge is 2.38. The molecule has 2 fully saturated rings. The van der Waals surface area contributed by atoms with Crippen LogP contribution in [0.2, 0.25) is 5.02 Å². The van der Waals surface area contributed by atoms with E-state index in [1.165, 1.54) is 9.80 Å². The number of rotatable bonds is 3. The SMILES string of the molecule is CN1CC(=O)N(CC2CC(=O)N(c3ccc(Cl)cc3)C2)C1=O. The zero-order valence-electron chi connectivity index (χ0n) is 12.2. The summed E-state index contributed by atoms with van der Waals surface area (Å²) >= 11 is 5.85. The van der Waals surface area contributed by atoms with E-state index in [0.717, 1.165) is 5.69 Å². The number of carbonyl (C=O) groups is 3. The number of urea groups is 1. The monoisotopic (exact) mass is 321 g/mol. The third-order valence-electron chi connectivity index (χ3n) is 4.02. The molecule has 6 nitrogen and oxygen atoms in total. The van der Waals surface area contributed by atoms with Crippen molar-refractivity contribution in [1.82, 2.24) is 9.80 Å². The Morgan fingerprint density at radius 2 is 1.82 bits per heavy atom. The molecule has 2 saturated heterocycles. The van der Waals surface area contributed by atoms with Gasteiger partial charge in [-0.1, -0.05) is 11.6 Å². The number of amides is 4. The molecule has 2 aliphatic rings. The van der Waals surface area contributed by atoms with Gasteiger partial charge in [-0.2, -0.15) is 0 Å². The van der Waals surface area contributed by atoms with Crippen LogP contribution < -0.4 is 4.90 Å². The van der Waals surface area contributed by atoms with E-state index >= 15 is 0 Å². The Balaban J connectivity index is 1.68. The number of nitrogens with zero attached hydrogens (tertiary/aromatic N) is 3. The lowest BCUT2D eigenvalue weighted by atomic mass is 10.1. The predicted molar refractivity (Wildman–Crippen MR) is 81.7 cm³/mol. The molecule has 3 rings (SSSR count). The lowest BCUT2D eigenvalue weighted by Crippen LogP contribution is -2.36. The van der Waals surface area contributed by atoms with Crippen molar-refractivity contribution in [2.24, 2.45) is 5.92 Å². The zero-order valence-corrected chi connectivity index (χ0v) is 12.9. The fourth-order valence-corrected chi connectivity index (χ4v) is 3.01. The predicted octanol–water partition coefficient (Wildman–Crippen LogP) is 1.59. The highest BCUT2D eigenvalue weighted by molar-refractivity contribution is 6.30. The summed E-state index contributed by atoms with van der Waals surface area (Å²) in [6.07, 6.45) is 0.337. The highest BCUT2D eigenvalue weighted by atomic mass is 35.5. The molecular weight excluding hydrogens is 306 g/mol. The number of likely N-dealkylation sites (N-methyl/N-ethyl adjacent to an activating group) is 1. The first-order valence-corrected chi connectivity index (χ1v) is 7.45. The molecule has 2 aliphatic heterocycles. The summed E-state index contributed by atoms with van der Waals surface area (Å²) in [5, 5.41) is 0.614. The Kier molecular flexibility index (Phi) is 3.78. The number of imide groups is 1. The first-order valence-electron chi connectivity index (χ1n) is 7.07. The summed E-state index contributed by atoms with van der Waals surface area (Å²) in [7, 11) is 1.60. The van der Waals surface area contributed by atoms with E-state index in [0.29, 0.717) is 18.0 Å². The summed E-state index contributed by atoms with van der Waals surface area (Å²) in [6.45, 7) is 0.902. The minimum atomic E-state index is -0.289. The number of carbonyl (C=O) groups excluding carboxylic acids is 3. The first kappa shape index (κ1) is 14.8. The lowest BCUT2D eigenvalue weighted by Gasteiger charge is -2.19. The van der Waals surface area contributed by atoms with Crippen molar-refractivity contribution < 1.29 is 14.4 Å². The van der Waals surface area contributed by atoms with E-state index in [1.54, 1.807) is 36.2 Å². The van der Waals surface area contributed by atoms with Gasteiger partial charge in [-0.3, -0.25) is 14.5 Å². The third kappa shape index (κ3) is 2.66. The van der Waals surface area contributed by atoms with Gasteiger partial charge in [0.2, 0.25) is 11.8 Å². The van der Waals surface area contributed by atoms with Gasteiger partial charge in [-0.15, -0.1) is 0 Å². The van der Waals surface area contributed by atoms with Crippen molar-refractivity contribution in [2.45, 2.75) is 6.42 Å². The third-order valence-corrected chi connectivity index (χ3v) is 4.27. The maximum absolute atomic E-state index is 12.2. The molecule has 0 N–H and O–H groups in total. The van der Waals surface area contributed by atoms with Crippen molar-refractivity contribution in [3.63, 3.8) is 0 Å². The molecule has 1 aromatic rings. The van der Waals surface area contributed by atoms with Gasteiger partial charge in [0.1, 0.15) is 6.54 Å². The molecule has 2 heterocycles. The lowest BCUT2D eigenvalue weighted by molar-refractivity contribution is -0.126. The Bertz CT molecular complexity index is 631. The molecule has 4 amide bonds. The largest absolute Gasteiger partial charge is 0.326 e. The molecule has 22 heavy (non-hydrogen) atoms. The Hall–Kier alpha value is -2.08. The molecule has 0 aromatic heterocycles. The summed E-state index contributed by atoms with van der Waals surface area (Å²) in [6, 6.07) is 6.77. The van der Waals surface area contributed by atoms with Gasteiger partial charge < -0.3 is 9.80 Å². The van der Waals surface area contributed by atoms with Gasteiger partial charge in [0.05, 0.1) is 0 Å². The highest BCUT2D eigenvalue weighted by Crippen LogP contribution is 2.27. The van der Waals surface area contributed by atoms with Crippen molar-refractivity contribution in [3.05, 3.63) is 29.3 Å². The van der Waals surface area contributed by atoms with Crippen LogP contribution in [0.5, 0.6) is 0 Å². The number of hydrogen-bond donors (Lipinski definition) is 0. The standard InChI is InChI=1S/C15H16ClN3O3/c1-17-9-14(21)19(15(17)22)8-10-6-13(20)18(7-10)12-4-2-11(16)3-5-12/h2-5,10H,6-9H2,1H3. The summed E-state index contributed by atoms with van der Waals surface area (Å²) in [5.74, 6) is -0.243. The average Bonchev–Trinajstić information content (AvgIpc) is 2.95. The zero-order chi connectivity index (χ0) is 15.9. The molecule has 116 valence electrons. The summed E-state index contributed by atoms with van der Waals surface area (Å²) in [5.41, 5.74) is 0.785. The molecule has 7 heteroatoms. The van der Waals surface area contributed by atoms with Crippen molar-refractivity contribution in [3.8, 4) is 0 Å². The second kappa shape index (κ2) is 5.61. The molecule has 0 saturated carbocycles. The second-order valence-electron chi connectivity index (χ2n) is 5.69. The van der Waals surface area contributed by atoms with Crippen LogP contribution in [0.3, 0.4) is 0 Å². The number of benzene rings is 1. The smallest absolute Gasteiger partial charge is 0.318 e. The van der Waals surface area contributed by atoms with Gasteiger partial charge in [-0.25, -0.2) is 4.79 Å². The molecular formula is C15H16ClN3O3. The van der Waals surface area contributed by atoms with E-state index in [1.807, 2.05) is 0 Å². The van der Waals surface area contributed by atoms with E-state index in [4.69, 9.17) is 11.6 Å². The summed E-state index contributed by atoms with van der Waals surface area (Å²) < 4.78 is 0. The van der Waals surface area contributed by atoms with Crippen molar-refractivity contribution >= 4 is 35.1 Å². The van der Waals surface area contributed by atoms with Gasteiger partial charge in [0.15, 0.2) is 0 Å². The van der Waals surface area contributed by atoms with Gasteiger partial charge >= 0.3 is 6.03 Å². The van der Waals surface area contributed by atoms with E-state index in [2.05, 4.69) is 0 Å². The number of hydrogen-bond acceptors (Lipinski definition) is 3. The number of anilines is 1. The Morgan fingerprint density at radius 1 is 1.14 bits per heavy atom. The average molecular weight is 322 g/mol. The van der Waals surface area contributed by atoms with Crippen LogP contribution in [0.1, 0.15) is 6.42 Å². The van der Waals surface area contributed by atoms with Crippen LogP contribution in [0, 0.1) is 5.92 Å². The maximum Gasteiger partial charge on any atom is 0.326 e. The van der Waals surface area contributed by atoms with Crippen molar-refractivity contribution in [1.29, 1.82) is 0 Å². The maximum atomic E-state index is 12.2. The normalized spacial score (nSPS) is 22.2. The Labute approximate surface area is 133 Å². The second-order valence-corrected chi connectivity index (χ2v) is 6.13. The fourth-order valence-electron chi connectivity index (χ4n) is 2.88. The van der Waals surface area contributed by atoms with Gasteiger partial charge in [0, 0.05) is 43.2 Å². The number of halogens is 1. The minimum absolute atomic E-state index is 0.000211. The Morgan fingerprint density at radius 3 is 2.41 bits per heavy atom. The van der Waals surface area contributed by atoms with Crippen LogP contribution in [0.15, 0.2) is 24.3 Å². The van der Waals surface area contributed by atoms with Gasteiger partial charge in [-0.05, 0) is 24.3 Å². The van der Waals surface area contributed by atoms with Crippen LogP contribution in [0.25, 0.3) is 0 Å². The summed E-state index contributed by atoms with van der Waals surface area (Å²) in [4.78, 5) is 40.2. The fraction of sp³-hybridized carbons (Fsp3) is 0.400. The van der Waals surface area contributed by atoms with Crippen molar-refractivity contribution in [2.75, 3.05) is 31.6 Å². The van der Waals surface area contributed by atoms with Crippen LogP contribution in [-0.2, 0) is 9.59 Å². The first-order chi connectivity index (χ1) is 10.5. The molecule has 1 aromatic carbocycles. The quantitative estimate of drug-likeness (QED) is 0.794. The molecule has 0 radical (unpaired) electrons.